The summed E-state index contributed by atoms with van der Waals surface area (Å²) >= 11 is 5.03. The van der Waals surface area contributed by atoms with Crippen LogP contribution in [0.15, 0.2) is 62.4 Å². The molecule has 0 aliphatic carbocycles. The second-order valence-corrected chi connectivity index (χ2v) is 7.45. The minimum Gasteiger partial charge on any atom is -0.497 e. The highest BCUT2D eigenvalue weighted by atomic mass is 79.9. The number of nitrogens with zero attached hydrogens (tertiary/aromatic N) is 3. The van der Waals surface area contributed by atoms with E-state index in [4.69, 9.17) is 14.6 Å². The predicted octanol–water partition coefficient (Wildman–Crippen LogP) is 4.80. The molecule has 0 spiro atoms. The second-order valence-electron chi connectivity index (χ2n) is 5.70. The van der Waals surface area contributed by atoms with Gasteiger partial charge in [-0.25, -0.2) is 4.68 Å². The Morgan fingerprint density at radius 3 is 2.44 bits per heavy atom. The van der Waals surface area contributed by atoms with Crippen molar-refractivity contribution in [3.8, 4) is 22.8 Å². The molecule has 0 atom stereocenters. The Bertz CT molecular complexity index is 1040. The van der Waals surface area contributed by atoms with E-state index < -0.39 is 0 Å². The van der Waals surface area contributed by atoms with Gasteiger partial charge in [-0.15, -0.1) is 11.3 Å². The number of hydrogen-bond donors (Lipinski definition) is 0. The Hall–Kier alpha value is -2.38. The van der Waals surface area contributed by atoms with Gasteiger partial charge in [0.05, 0.1) is 25.6 Å². The van der Waals surface area contributed by atoms with Gasteiger partial charge in [-0.2, -0.15) is 5.10 Å². The predicted molar refractivity (Wildman–Crippen MR) is 114 cm³/mol. The Labute approximate surface area is 170 Å². The molecule has 0 N–H and O–H groups in total. The van der Waals surface area contributed by atoms with Gasteiger partial charge in [0, 0.05) is 28.0 Å². The largest absolute Gasteiger partial charge is 0.497 e. The minimum atomic E-state index is 0.744. The van der Waals surface area contributed by atoms with Gasteiger partial charge in [0.2, 0.25) is 4.80 Å². The summed E-state index contributed by atoms with van der Waals surface area (Å²) in [5.74, 6) is 1.50. The van der Waals surface area contributed by atoms with Crippen molar-refractivity contribution in [1.82, 2.24) is 4.68 Å². The fourth-order valence-corrected chi connectivity index (χ4v) is 3.73. The van der Waals surface area contributed by atoms with Crippen molar-refractivity contribution in [2.45, 2.75) is 6.92 Å². The zero-order valence-electron chi connectivity index (χ0n) is 15.6. The third-order valence-corrected chi connectivity index (χ3v) is 5.50. The van der Waals surface area contributed by atoms with E-state index in [-0.39, 0.29) is 0 Å². The monoisotopic (exact) mass is 445 g/mol. The topological polar surface area (TPSA) is 48.1 Å². The third-order valence-electron chi connectivity index (χ3n) is 4.06. The lowest BCUT2D eigenvalue weighted by molar-refractivity contribution is 0.402. The van der Waals surface area contributed by atoms with Crippen LogP contribution >= 0.6 is 27.3 Å². The number of aromatic nitrogens is 1. The molecule has 0 saturated carbocycles. The van der Waals surface area contributed by atoms with Gasteiger partial charge in [0.25, 0.3) is 0 Å². The van der Waals surface area contributed by atoms with Gasteiger partial charge in [-0.1, -0.05) is 28.1 Å². The summed E-state index contributed by atoms with van der Waals surface area (Å²) in [5, 5.41) is 6.91. The van der Waals surface area contributed by atoms with Gasteiger partial charge in [-0.3, -0.25) is 4.99 Å². The quantitative estimate of drug-likeness (QED) is 0.529. The maximum absolute atomic E-state index is 5.50. The molecule has 0 aliphatic rings. The van der Waals surface area contributed by atoms with E-state index in [9.17, 15) is 0 Å². The van der Waals surface area contributed by atoms with Crippen LogP contribution in [-0.2, 0) is 0 Å². The summed E-state index contributed by atoms with van der Waals surface area (Å²) in [4.78, 5) is 5.18. The maximum Gasteiger partial charge on any atom is 0.205 e. The molecular weight excluding hydrogens is 426 g/mol. The van der Waals surface area contributed by atoms with E-state index in [0.717, 1.165) is 43.3 Å². The van der Waals surface area contributed by atoms with Crippen molar-refractivity contribution in [3.05, 3.63) is 62.7 Å². The zero-order chi connectivity index (χ0) is 19.4. The first-order valence-corrected chi connectivity index (χ1v) is 9.92. The Balaban J connectivity index is 2.14. The van der Waals surface area contributed by atoms with E-state index in [2.05, 4.69) is 38.4 Å². The number of thiazole rings is 1. The van der Waals surface area contributed by atoms with Gasteiger partial charge in [0.1, 0.15) is 11.5 Å². The van der Waals surface area contributed by atoms with Crippen LogP contribution in [0.25, 0.3) is 11.3 Å². The fraction of sp³-hybridized carbons (Fsp3) is 0.200. The first-order chi connectivity index (χ1) is 13.1. The number of halogens is 1. The first kappa shape index (κ1) is 19.4. The van der Waals surface area contributed by atoms with Gasteiger partial charge in [0.15, 0.2) is 0 Å². The number of ether oxygens (including phenoxy) is 2. The van der Waals surface area contributed by atoms with Crippen molar-refractivity contribution >= 4 is 33.0 Å². The molecule has 0 fully saturated rings. The molecule has 0 radical (unpaired) electrons. The van der Waals surface area contributed by atoms with Crippen molar-refractivity contribution in [3.63, 3.8) is 0 Å². The van der Waals surface area contributed by atoms with Crippen LogP contribution in [0.3, 0.4) is 0 Å². The molecule has 1 heterocycles. The molecule has 0 bridgehead atoms. The number of benzene rings is 2. The molecule has 7 heteroatoms. The lowest BCUT2D eigenvalue weighted by atomic mass is 10.1. The van der Waals surface area contributed by atoms with Crippen LogP contribution in [0, 0.1) is 0 Å². The van der Waals surface area contributed by atoms with E-state index in [1.807, 2.05) is 41.9 Å². The molecule has 3 aromatic rings. The highest BCUT2D eigenvalue weighted by Crippen LogP contribution is 2.26. The third kappa shape index (κ3) is 4.14. The molecule has 1 aromatic heterocycles. The summed E-state index contributed by atoms with van der Waals surface area (Å²) in [5.41, 5.74) is 3.73. The molecule has 0 aliphatic heterocycles. The lowest BCUT2D eigenvalue weighted by Gasteiger charge is -2.11. The van der Waals surface area contributed by atoms with Crippen molar-refractivity contribution in [2.24, 2.45) is 10.1 Å². The van der Waals surface area contributed by atoms with E-state index in [1.165, 1.54) is 0 Å². The summed E-state index contributed by atoms with van der Waals surface area (Å²) in [6.45, 7) is 1.95. The van der Waals surface area contributed by atoms with E-state index >= 15 is 0 Å². The molecular formula is C20H20BrN3O2S. The summed E-state index contributed by atoms with van der Waals surface area (Å²) < 4.78 is 13.7. The van der Waals surface area contributed by atoms with Gasteiger partial charge >= 0.3 is 0 Å². The van der Waals surface area contributed by atoms with Crippen LogP contribution in [0.4, 0.5) is 0 Å². The molecule has 0 saturated heterocycles. The Morgan fingerprint density at radius 1 is 1.07 bits per heavy atom. The van der Waals surface area contributed by atoms with E-state index in [1.54, 1.807) is 32.6 Å². The average Bonchev–Trinajstić information content (AvgIpc) is 3.10. The van der Waals surface area contributed by atoms with Crippen LogP contribution in [-0.4, -0.2) is 31.7 Å². The van der Waals surface area contributed by atoms with Gasteiger partial charge < -0.3 is 9.47 Å². The first-order valence-electron chi connectivity index (χ1n) is 8.24. The molecule has 3 rings (SSSR count). The summed E-state index contributed by atoms with van der Waals surface area (Å²) in [6, 6.07) is 13.8. The molecule has 140 valence electrons. The number of methoxy groups -OCH3 is 2. The molecule has 5 nitrogen and oxygen atoms in total. The summed E-state index contributed by atoms with van der Waals surface area (Å²) in [7, 11) is 5.06. The van der Waals surface area contributed by atoms with Crippen LogP contribution in [0.5, 0.6) is 11.5 Å². The number of hydrogen-bond acceptors (Lipinski definition) is 5. The van der Waals surface area contributed by atoms with Crippen LogP contribution in [0.2, 0.25) is 0 Å². The van der Waals surface area contributed by atoms with Crippen molar-refractivity contribution in [2.75, 3.05) is 21.3 Å². The molecule has 2 aromatic carbocycles. The SMILES string of the molecule is CN=c1scc(-c2ccc(Br)cc2)n1N=C(C)c1cc(OC)ccc1OC. The van der Waals surface area contributed by atoms with Crippen molar-refractivity contribution in [1.29, 1.82) is 0 Å². The maximum atomic E-state index is 5.50. The summed E-state index contributed by atoms with van der Waals surface area (Å²) in [6.07, 6.45) is 0. The molecule has 0 amide bonds. The number of rotatable bonds is 5. The second kappa shape index (κ2) is 8.54. The lowest BCUT2D eigenvalue weighted by Crippen LogP contribution is -2.14. The van der Waals surface area contributed by atoms with E-state index in [0.29, 0.717) is 0 Å². The standard InChI is InChI=1S/C20H20BrN3O2S/c1-13(17-11-16(25-3)9-10-19(17)26-4)23-24-18(12-27-20(24)22-2)14-5-7-15(21)8-6-14/h5-12H,1-4H3. The fourth-order valence-electron chi connectivity index (χ4n) is 2.67. The Morgan fingerprint density at radius 2 is 1.81 bits per heavy atom. The van der Waals surface area contributed by atoms with Gasteiger partial charge in [-0.05, 0) is 37.3 Å². The highest BCUT2D eigenvalue weighted by molar-refractivity contribution is 9.10. The average molecular weight is 446 g/mol. The van der Waals surface area contributed by atoms with Crippen LogP contribution < -0.4 is 14.3 Å². The molecule has 0 unspecified atom stereocenters. The smallest absolute Gasteiger partial charge is 0.205 e. The van der Waals surface area contributed by atoms with Crippen molar-refractivity contribution < 1.29 is 9.47 Å². The normalized spacial score (nSPS) is 12.3. The highest BCUT2D eigenvalue weighted by Gasteiger charge is 2.12. The zero-order valence-corrected chi connectivity index (χ0v) is 18.0. The Kier molecular flexibility index (Phi) is 6.13. The molecule has 27 heavy (non-hydrogen) atoms. The minimum absolute atomic E-state index is 0.744. The van der Waals surface area contributed by atoms with Crippen LogP contribution in [0.1, 0.15) is 12.5 Å².